The molecule has 36 heavy (non-hydrogen) atoms. The third kappa shape index (κ3) is 4.77. The summed E-state index contributed by atoms with van der Waals surface area (Å²) in [5.41, 5.74) is 1.00. The number of hydrogen-bond acceptors (Lipinski definition) is 4. The van der Waals surface area contributed by atoms with Crippen LogP contribution in [0.15, 0.2) is 54.6 Å². The number of halogens is 4. The summed E-state index contributed by atoms with van der Waals surface area (Å²) in [5.74, 6) is -0.623. The molecule has 11 heteroatoms. The Labute approximate surface area is 210 Å². The highest BCUT2D eigenvalue weighted by molar-refractivity contribution is 6.33. The second kappa shape index (κ2) is 9.50. The molecule has 2 aliphatic heterocycles. The number of amides is 2. The minimum Gasteiger partial charge on any atom is -0.367 e. The lowest BCUT2D eigenvalue weighted by molar-refractivity contribution is -0.137. The first kappa shape index (κ1) is 24.2. The van der Waals surface area contributed by atoms with E-state index in [1.807, 2.05) is 24.3 Å². The van der Waals surface area contributed by atoms with E-state index >= 15 is 0 Å². The van der Waals surface area contributed by atoms with Crippen LogP contribution >= 0.6 is 11.6 Å². The number of carbonyl (C=O) groups is 2. The Kier molecular flexibility index (Phi) is 6.38. The Hall–Kier alpha value is -3.53. The summed E-state index contributed by atoms with van der Waals surface area (Å²) in [5, 5.41) is 5.01. The van der Waals surface area contributed by atoms with E-state index in [0.717, 1.165) is 17.8 Å². The van der Waals surface area contributed by atoms with Crippen LogP contribution in [0.25, 0.3) is 0 Å². The maximum atomic E-state index is 13.1. The Morgan fingerprint density at radius 3 is 2.42 bits per heavy atom. The van der Waals surface area contributed by atoms with Gasteiger partial charge in [-0.15, -0.1) is 0 Å². The minimum atomic E-state index is -4.45. The molecule has 1 saturated heterocycles. The SMILES string of the molecule is O=C(c1cc2n(n1)CCN(Cc1cccc(C(F)(F)F)c1)C2=O)N1CCN(c2ccccc2Cl)CC1. The maximum absolute atomic E-state index is 13.1. The molecule has 3 aromatic rings. The molecule has 2 aliphatic rings. The molecule has 0 aliphatic carbocycles. The van der Waals surface area contributed by atoms with E-state index in [4.69, 9.17) is 11.6 Å². The Bertz CT molecular complexity index is 1300. The molecule has 1 fully saturated rings. The molecule has 0 unspecified atom stereocenters. The summed E-state index contributed by atoms with van der Waals surface area (Å²) in [6.45, 7) is 2.89. The molecule has 0 saturated carbocycles. The van der Waals surface area contributed by atoms with Crippen molar-refractivity contribution in [1.29, 1.82) is 0 Å². The Balaban J connectivity index is 1.25. The summed E-state index contributed by atoms with van der Waals surface area (Å²) in [7, 11) is 0. The van der Waals surface area contributed by atoms with Crippen molar-refractivity contribution < 1.29 is 22.8 Å². The predicted molar refractivity (Wildman–Crippen MR) is 128 cm³/mol. The van der Waals surface area contributed by atoms with Crippen LogP contribution in [-0.2, 0) is 19.3 Å². The quantitative estimate of drug-likeness (QED) is 0.521. The van der Waals surface area contributed by atoms with Gasteiger partial charge in [0, 0.05) is 45.3 Å². The molecule has 188 valence electrons. The van der Waals surface area contributed by atoms with Crippen LogP contribution in [0.3, 0.4) is 0 Å². The molecule has 0 N–H and O–H groups in total. The minimum absolute atomic E-state index is 0.0429. The van der Waals surface area contributed by atoms with Crippen molar-refractivity contribution in [3.63, 3.8) is 0 Å². The molecule has 0 atom stereocenters. The molecule has 7 nitrogen and oxygen atoms in total. The van der Waals surface area contributed by atoms with Crippen LogP contribution in [-0.4, -0.2) is 64.1 Å². The molecule has 1 aromatic heterocycles. The Morgan fingerprint density at radius 2 is 1.69 bits per heavy atom. The molecule has 0 bridgehead atoms. The van der Waals surface area contributed by atoms with Gasteiger partial charge in [-0.25, -0.2) is 0 Å². The second-order valence-corrected chi connectivity index (χ2v) is 9.20. The topological polar surface area (TPSA) is 61.7 Å². The number of para-hydroxylation sites is 1. The van der Waals surface area contributed by atoms with Crippen molar-refractivity contribution in [2.45, 2.75) is 19.3 Å². The van der Waals surface area contributed by atoms with Gasteiger partial charge < -0.3 is 14.7 Å². The highest BCUT2D eigenvalue weighted by Crippen LogP contribution is 2.30. The maximum Gasteiger partial charge on any atom is 0.416 e. The van der Waals surface area contributed by atoms with Gasteiger partial charge in [0.2, 0.25) is 0 Å². The van der Waals surface area contributed by atoms with E-state index in [9.17, 15) is 22.8 Å². The number of nitrogens with zero attached hydrogens (tertiary/aromatic N) is 5. The number of carbonyl (C=O) groups excluding carboxylic acids is 2. The average Bonchev–Trinajstić information content (AvgIpc) is 3.31. The summed E-state index contributed by atoms with van der Waals surface area (Å²) in [4.78, 5) is 31.5. The lowest BCUT2D eigenvalue weighted by atomic mass is 10.1. The van der Waals surface area contributed by atoms with Crippen molar-refractivity contribution in [1.82, 2.24) is 19.6 Å². The lowest BCUT2D eigenvalue weighted by Crippen LogP contribution is -2.49. The van der Waals surface area contributed by atoms with Crippen LogP contribution in [0.4, 0.5) is 18.9 Å². The van der Waals surface area contributed by atoms with E-state index in [-0.39, 0.29) is 36.3 Å². The van der Waals surface area contributed by atoms with Gasteiger partial charge in [0.25, 0.3) is 11.8 Å². The van der Waals surface area contributed by atoms with E-state index in [1.54, 1.807) is 11.0 Å². The van der Waals surface area contributed by atoms with Gasteiger partial charge in [-0.3, -0.25) is 14.3 Å². The molecule has 2 aromatic carbocycles. The number of anilines is 1. The molecular formula is C25H23ClF3N5O2. The summed E-state index contributed by atoms with van der Waals surface area (Å²) >= 11 is 6.29. The average molecular weight is 518 g/mol. The van der Waals surface area contributed by atoms with Gasteiger partial charge in [0.05, 0.1) is 22.8 Å². The first-order chi connectivity index (χ1) is 17.2. The number of rotatable bonds is 4. The predicted octanol–water partition coefficient (Wildman–Crippen LogP) is 4.17. The fraction of sp³-hybridized carbons (Fsp3) is 0.320. The van der Waals surface area contributed by atoms with Crippen LogP contribution in [0.2, 0.25) is 5.02 Å². The number of fused-ring (bicyclic) bond motifs is 1. The fourth-order valence-electron chi connectivity index (χ4n) is 4.58. The number of aromatic nitrogens is 2. The highest BCUT2D eigenvalue weighted by atomic mass is 35.5. The van der Waals surface area contributed by atoms with Crippen molar-refractivity contribution in [3.8, 4) is 0 Å². The molecular weight excluding hydrogens is 495 g/mol. The third-order valence-corrected chi connectivity index (χ3v) is 6.79. The van der Waals surface area contributed by atoms with Crippen molar-refractivity contribution in [3.05, 3.63) is 82.1 Å². The zero-order chi connectivity index (χ0) is 25.4. The zero-order valence-electron chi connectivity index (χ0n) is 19.2. The van der Waals surface area contributed by atoms with Crippen LogP contribution < -0.4 is 4.90 Å². The van der Waals surface area contributed by atoms with Crippen molar-refractivity contribution in [2.24, 2.45) is 0 Å². The molecule has 2 amide bonds. The monoisotopic (exact) mass is 517 g/mol. The van der Waals surface area contributed by atoms with Gasteiger partial charge >= 0.3 is 6.18 Å². The Morgan fingerprint density at radius 1 is 0.944 bits per heavy atom. The smallest absolute Gasteiger partial charge is 0.367 e. The number of benzene rings is 2. The van der Waals surface area contributed by atoms with Gasteiger partial charge in [0.15, 0.2) is 5.69 Å². The van der Waals surface area contributed by atoms with Gasteiger partial charge in [-0.05, 0) is 29.8 Å². The normalized spacial score (nSPS) is 16.3. The number of piperazine rings is 1. The van der Waals surface area contributed by atoms with Crippen LogP contribution in [0.1, 0.15) is 32.1 Å². The fourth-order valence-corrected chi connectivity index (χ4v) is 4.84. The molecule has 3 heterocycles. The van der Waals surface area contributed by atoms with Crippen LogP contribution in [0.5, 0.6) is 0 Å². The summed E-state index contributed by atoms with van der Waals surface area (Å²) in [6.07, 6.45) is -4.45. The highest BCUT2D eigenvalue weighted by Gasteiger charge is 2.32. The first-order valence-corrected chi connectivity index (χ1v) is 11.9. The molecule has 0 radical (unpaired) electrons. The van der Waals surface area contributed by atoms with Gasteiger partial charge in [-0.1, -0.05) is 35.9 Å². The van der Waals surface area contributed by atoms with E-state index in [0.29, 0.717) is 43.3 Å². The zero-order valence-corrected chi connectivity index (χ0v) is 20.0. The second-order valence-electron chi connectivity index (χ2n) is 8.79. The van der Waals surface area contributed by atoms with E-state index in [2.05, 4.69) is 10.00 Å². The standard InChI is InChI=1S/C25H23ClF3N5O2/c26-19-6-1-2-7-21(19)31-8-10-32(11-9-31)23(35)20-15-22-24(36)33(12-13-34(22)30-20)16-17-4-3-5-18(14-17)25(27,28)29/h1-7,14-15H,8-13,16H2. The van der Waals surface area contributed by atoms with E-state index in [1.165, 1.54) is 21.7 Å². The largest absolute Gasteiger partial charge is 0.416 e. The lowest BCUT2D eigenvalue weighted by Gasteiger charge is -2.36. The van der Waals surface area contributed by atoms with Crippen LogP contribution in [0, 0.1) is 0 Å². The van der Waals surface area contributed by atoms with Crippen molar-refractivity contribution >= 4 is 29.1 Å². The third-order valence-electron chi connectivity index (χ3n) is 6.47. The summed E-state index contributed by atoms with van der Waals surface area (Å²) < 4.78 is 40.6. The number of alkyl halides is 3. The van der Waals surface area contributed by atoms with E-state index < -0.39 is 11.7 Å². The number of hydrogen-bond donors (Lipinski definition) is 0. The summed E-state index contributed by atoms with van der Waals surface area (Å²) in [6, 6.07) is 14.0. The molecule has 5 rings (SSSR count). The van der Waals surface area contributed by atoms with Gasteiger partial charge in [0.1, 0.15) is 5.69 Å². The van der Waals surface area contributed by atoms with Crippen molar-refractivity contribution in [2.75, 3.05) is 37.6 Å². The van der Waals surface area contributed by atoms with Gasteiger partial charge in [-0.2, -0.15) is 18.3 Å². The first-order valence-electron chi connectivity index (χ1n) is 11.5. The molecule has 0 spiro atoms.